The second-order valence-corrected chi connectivity index (χ2v) is 12.9. The van der Waals surface area contributed by atoms with E-state index >= 15 is 0 Å². The van der Waals surface area contributed by atoms with Crippen molar-refractivity contribution in [2.45, 2.75) is 115 Å². The summed E-state index contributed by atoms with van der Waals surface area (Å²) in [4.78, 5) is 12.1. The zero-order valence-electron chi connectivity index (χ0n) is 20.5. The molecule has 2 saturated carbocycles. The molecule has 32 heavy (non-hydrogen) atoms. The van der Waals surface area contributed by atoms with Crippen LogP contribution in [0.3, 0.4) is 0 Å². The van der Waals surface area contributed by atoms with Crippen molar-refractivity contribution in [3.05, 3.63) is 11.1 Å². The lowest BCUT2D eigenvalue weighted by Gasteiger charge is -2.58. The maximum atomic E-state index is 12.1. The molecule has 0 bridgehead atoms. The molecule has 178 valence electrons. The highest BCUT2D eigenvalue weighted by Gasteiger charge is 2.65. The summed E-state index contributed by atoms with van der Waals surface area (Å²) in [5.74, 6) is 2.61. The first kappa shape index (κ1) is 21.6. The second-order valence-electron chi connectivity index (χ2n) is 12.9. The van der Waals surface area contributed by atoms with Gasteiger partial charge in [-0.3, -0.25) is 4.79 Å². The first-order valence-corrected chi connectivity index (χ1v) is 13.3. The fraction of sp³-hybridized carbons (Fsp3) is 0.889. The summed E-state index contributed by atoms with van der Waals surface area (Å²) in [6.07, 6.45) is 9.82. The number of hydrogen-bond donors (Lipinski definition) is 3. The minimum atomic E-state index is -0.192. The van der Waals surface area contributed by atoms with E-state index < -0.39 is 0 Å². The first-order chi connectivity index (χ1) is 15.2. The molecule has 3 aliphatic carbocycles. The molecule has 6 aliphatic rings. The third-order valence-electron chi connectivity index (χ3n) is 11.4. The number of amides is 1. The van der Waals surface area contributed by atoms with Gasteiger partial charge >= 0.3 is 0 Å². The molecule has 3 saturated heterocycles. The number of hydrogen-bond acceptors (Lipinski definition) is 4. The van der Waals surface area contributed by atoms with Crippen LogP contribution in [-0.4, -0.2) is 41.8 Å². The van der Waals surface area contributed by atoms with Gasteiger partial charge in [-0.05, 0) is 82.6 Å². The van der Waals surface area contributed by atoms with Gasteiger partial charge in [0.2, 0.25) is 5.91 Å². The van der Waals surface area contributed by atoms with Gasteiger partial charge < -0.3 is 21.1 Å². The molecule has 0 aromatic rings. The highest BCUT2D eigenvalue weighted by molar-refractivity contribution is 5.77. The molecule has 10 atom stereocenters. The van der Waals surface area contributed by atoms with E-state index in [0.29, 0.717) is 42.2 Å². The Bertz CT molecular complexity index is 856. The van der Waals surface area contributed by atoms with Crippen LogP contribution in [0.25, 0.3) is 0 Å². The van der Waals surface area contributed by atoms with Crippen molar-refractivity contribution in [3.8, 4) is 0 Å². The fourth-order valence-electron chi connectivity index (χ4n) is 9.36. The topological polar surface area (TPSA) is 76.4 Å². The van der Waals surface area contributed by atoms with Crippen molar-refractivity contribution in [1.29, 1.82) is 0 Å². The number of carbonyl (C=O) groups excluding carboxylic acids is 1. The maximum Gasteiger partial charge on any atom is 0.220 e. The van der Waals surface area contributed by atoms with Gasteiger partial charge in [0.15, 0.2) is 0 Å². The number of fused-ring (bicyclic) bond motifs is 6. The molecule has 5 fully saturated rings. The summed E-state index contributed by atoms with van der Waals surface area (Å²) in [6, 6.07) is 0.754. The van der Waals surface area contributed by atoms with Crippen molar-refractivity contribution in [2.24, 2.45) is 34.8 Å². The summed E-state index contributed by atoms with van der Waals surface area (Å²) in [5.41, 5.74) is 10.4. The molecule has 5 heteroatoms. The zero-order valence-corrected chi connectivity index (χ0v) is 20.5. The predicted octanol–water partition coefficient (Wildman–Crippen LogP) is 3.67. The average Bonchev–Trinajstić information content (AvgIpc) is 3.14. The van der Waals surface area contributed by atoms with E-state index in [1.165, 1.54) is 12.8 Å². The van der Waals surface area contributed by atoms with Crippen LogP contribution in [0.1, 0.15) is 85.5 Å². The van der Waals surface area contributed by atoms with Crippen LogP contribution in [0.5, 0.6) is 0 Å². The van der Waals surface area contributed by atoms with Crippen molar-refractivity contribution in [2.75, 3.05) is 6.54 Å². The molecule has 4 N–H and O–H groups in total. The van der Waals surface area contributed by atoms with Crippen LogP contribution in [0.4, 0.5) is 0 Å². The van der Waals surface area contributed by atoms with Gasteiger partial charge in [-0.1, -0.05) is 31.9 Å². The summed E-state index contributed by atoms with van der Waals surface area (Å²) in [6.45, 7) is 10.7. The van der Waals surface area contributed by atoms with Gasteiger partial charge in [0.1, 0.15) is 0 Å². The molecule has 0 aromatic heterocycles. The fourth-order valence-corrected chi connectivity index (χ4v) is 9.36. The van der Waals surface area contributed by atoms with Crippen LogP contribution >= 0.6 is 0 Å². The third-order valence-corrected chi connectivity index (χ3v) is 11.4. The van der Waals surface area contributed by atoms with E-state index in [4.69, 9.17) is 10.5 Å². The van der Waals surface area contributed by atoms with E-state index in [1.54, 1.807) is 11.1 Å². The monoisotopic (exact) mass is 441 g/mol. The van der Waals surface area contributed by atoms with Gasteiger partial charge in [0.05, 0.1) is 11.7 Å². The molecule has 6 rings (SSSR count). The van der Waals surface area contributed by atoms with Crippen molar-refractivity contribution in [3.63, 3.8) is 0 Å². The molecule has 0 aromatic carbocycles. The standard InChI is InChI=1S/C27H43N3O2/c1-15-11-21-24(29-14-15)17(3)26(32-21)10-7-18-19(16(2)12-26)13-27(28)20(18)5-6-22-25(27,4)9-8-23(31)30-22/h15,17-18,20-22,24,29H,5-14,28H2,1-4H3,(H,30,31)/t15-,17+,18+,20-,21+,22+,24-,25-,26-,27+/m0/s1. The number of ether oxygens (including phenoxy) is 1. The highest BCUT2D eigenvalue weighted by atomic mass is 16.5. The molecule has 1 spiro atoms. The minimum absolute atomic E-state index is 0.00709. The lowest BCUT2D eigenvalue weighted by atomic mass is 9.52. The van der Waals surface area contributed by atoms with Crippen LogP contribution < -0.4 is 16.4 Å². The molecule has 0 unspecified atom stereocenters. The van der Waals surface area contributed by atoms with Gasteiger partial charge in [-0.25, -0.2) is 0 Å². The molecule has 3 aliphatic heterocycles. The Kier molecular flexibility index (Phi) is 4.76. The quantitative estimate of drug-likeness (QED) is 0.501. The molecule has 3 heterocycles. The Labute approximate surface area is 193 Å². The largest absolute Gasteiger partial charge is 0.369 e. The average molecular weight is 442 g/mol. The molecular weight excluding hydrogens is 398 g/mol. The van der Waals surface area contributed by atoms with Gasteiger partial charge in [-0.15, -0.1) is 0 Å². The van der Waals surface area contributed by atoms with E-state index in [1.807, 2.05) is 0 Å². The van der Waals surface area contributed by atoms with Crippen molar-refractivity contribution < 1.29 is 9.53 Å². The number of carbonyl (C=O) groups is 1. The van der Waals surface area contributed by atoms with E-state index in [9.17, 15) is 4.79 Å². The van der Waals surface area contributed by atoms with Crippen LogP contribution in [-0.2, 0) is 9.53 Å². The Balaban J connectivity index is 1.31. The zero-order chi connectivity index (χ0) is 22.5. The normalized spacial score (nSPS) is 55.0. The number of nitrogens with two attached hydrogens (primary N) is 1. The lowest BCUT2D eigenvalue weighted by molar-refractivity contribution is -0.131. The molecule has 1 amide bonds. The van der Waals surface area contributed by atoms with Crippen LogP contribution in [0.15, 0.2) is 11.1 Å². The smallest absolute Gasteiger partial charge is 0.220 e. The third kappa shape index (κ3) is 2.77. The van der Waals surface area contributed by atoms with Gasteiger partial charge in [-0.2, -0.15) is 0 Å². The summed E-state index contributed by atoms with van der Waals surface area (Å²) < 4.78 is 7.00. The van der Waals surface area contributed by atoms with Gasteiger partial charge in [0, 0.05) is 35.4 Å². The summed E-state index contributed by atoms with van der Waals surface area (Å²) in [7, 11) is 0. The van der Waals surface area contributed by atoms with Crippen molar-refractivity contribution >= 4 is 5.91 Å². The summed E-state index contributed by atoms with van der Waals surface area (Å²) in [5, 5.41) is 7.15. The molecule has 0 radical (unpaired) electrons. The minimum Gasteiger partial charge on any atom is -0.369 e. The second kappa shape index (κ2) is 7.05. The first-order valence-electron chi connectivity index (χ1n) is 13.3. The van der Waals surface area contributed by atoms with E-state index in [0.717, 1.165) is 45.1 Å². The Morgan fingerprint density at radius 1 is 1.12 bits per heavy atom. The molecule has 5 nitrogen and oxygen atoms in total. The number of nitrogens with one attached hydrogen (secondary N) is 2. The van der Waals surface area contributed by atoms with E-state index in [2.05, 4.69) is 38.3 Å². The van der Waals surface area contributed by atoms with Crippen LogP contribution in [0.2, 0.25) is 0 Å². The Morgan fingerprint density at radius 2 is 1.94 bits per heavy atom. The number of piperidine rings is 2. The highest BCUT2D eigenvalue weighted by Crippen LogP contribution is 2.63. The molecular formula is C27H43N3O2. The van der Waals surface area contributed by atoms with Gasteiger partial charge in [0.25, 0.3) is 0 Å². The Hall–Kier alpha value is -0.910. The number of rotatable bonds is 0. The lowest BCUT2D eigenvalue weighted by Crippen LogP contribution is -2.70. The maximum absolute atomic E-state index is 12.1. The van der Waals surface area contributed by atoms with E-state index in [-0.39, 0.29) is 28.5 Å². The SMILES string of the molecule is CC1=C2C[C@@]3(N)[C@@H](CC[C@H]4NC(=O)CC[C@@]43C)[C@@H]2CC[C@@]2(C1)O[C@@H]1C[C@H](C)CN[C@H]1[C@H]2C. The Morgan fingerprint density at radius 3 is 2.75 bits per heavy atom. The predicted molar refractivity (Wildman–Crippen MR) is 126 cm³/mol. The summed E-state index contributed by atoms with van der Waals surface area (Å²) >= 11 is 0. The van der Waals surface area contributed by atoms with Crippen molar-refractivity contribution in [1.82, 2.24) is 10.6 Å². The van der Waals surface area contributed by atoms with Crippen LogP contribution in [0, 0.1) is 29.1 Å².